The van der Waals surface area contributed by atoms with E-state index < -0.39 is 0 Å². The van der Waals surface area contributed by atoms with Gasteiger partial charge in [-0.05, 0) is 59.4 Å². The van der Waals surface area contributed by atoms with Crippen molar-refractivity contribution in [2.45, 2.75) is 44.9 Å². The number of rotatable bonds is 3. The summed E-state index contributed by atoms with van der Waals surface area (Å²) in [6.07, 6.45) is 6.28. The van der Waals surface area contributed by atoms with Crippen molar-refractivity contribution in [2.24, 2.45) is 0 Å². The summed E-state index contributed by atoms with van der Waals surface area (Å²) in [7, 11) is 0. The summed E-state index contributed by atoms with van der Waals surface area (Å²) in [6.45, 7) is 4.68. The van der Waals surface area contributed by atoms with Crippen molar-refractivity contribution in [2.75, 3.05) is 0 Å². The summed E-state index contributed by atoms with van der Waals surface area (Å²) in [6, 6.07) is 12.8. The molecule has 1 aliphatic rings. The molecule has 0 N–H and O–H groups in total. The molecule has 21 heavy (non-hydrogen) atoms. The number of aryl methyl sites for hydroxylation is 3. The van der Waals surface area contributed by atoms with Gasteiger partial charge in [-0.2, -0.15) is 5.26 Å². The molecular weight excluding hydrogens is 256 g/mol. The van der Waals surface area contributed by atoms with Gasteiger partial charge in [0.2, 0.25) is 0 Å². The Morgan fingerprint density at radius 2 is 1.90 bits per heavy atom. The summed E-state index contributed by atoms with van der Waals surface area (Å²) >= 11 is 0. The van der Waals surface area contributed by atoms with E-state index in [2.05, 4.69) is 43.1 Å². The Morgan fingerprint density at radius 3 is 2.62 bits per heavy atom. The van der Waals surface area contributed by atoms with Gasteiger partial charge in [-0.25, -0.2) is 4.98 Å². The predicted octanol–water partition coefficient (Wildman–Crippen LogP) is 3.96. The molecule has 1 aromatic heterocycles. The normalized spacial score (nSPS) is 15.5. The van der Waals surface area contributed by atoms with E-state index in [0.29, 0.717) is 11.1 Å². The van der Waals surface area contributed by atoms with Crippen LogP contribution in [0.15, 0.2) is 36.5 Å². The summed E-state index contributed by atoms with van der Waals surface area (Å²) in [5.74, 6) is 0. The number of benzene rings is 1. The van der Waals surface area contributed by atoms with Crippen molar-refractivity contribution in [3.05, 3.63) is 64.5 Å². The lowest BCUT2D eigenvalue weighted by Gasteiger charge is -2.19. The van der Waals surface area contributed by atoms with Gasteiger partial charge in [-0.15, -0.1) is 0 Å². The van der Waals surface area contributed by atoms with Gasteiger partial charge in [0.25, 0.3) is 0 Å². The zero-order valence-electron chi connectivity index (χ0n) is 12.7. The Bertz CT molecular complexity index is 690. The second-order valence-electron chi connectivity index (χ2n) is 6.54. The van der Waals surface area contributed by atoms with Gasteiger partial charge in [0.1, 0.15) is 11.8 Å². The topological polar surface area (TPSA) is 36.7 Å². The van der Waals surface area contributed by atoms with Crippen LogP contribution in [-0.2, 0) is 24.7 Å². The molecule has 2 aromatic rings. The van der Waals surface area contributed by atoms with Crippen LogP contribution in [0.25, 0.3) is 0 Å². The third kappa shape index (κ3) is 2.83. The highest BCUT2D eigenvalue weighted by Gasteiger charge is 2.29. The van der Waals surface area contributed by atoms with E-state index in [4.69, 9.17) is 5.26 Å². The van der Waals surface area contributed by atoms with E-state index in [9.17, 15) is 0 Å². The van der Waals surface area contributed by atoms with Crippen LogP contribution in [0.5, 0.6) is 0 Å². The van der Waals surface area contributed by atoms with Crippen LogP contribution in [0.2, 0.25) is 0 Å². The molecule has 0 spiro atoms. The first-order valence-electron chi connectivity index (χ1n) is 7.56. The molecule has 0 aliphatic heterocycles. The van der Waals surface area contributed by atoms with E-state index in [0.717, 1.165) is 12.8 Å². The van der Waals surface area contributed by atoms with E-state index in [-0.39, 0.29) is 0 Å². The number of pyridine rings is 1. The maximum Gasteiger partial charge on any atom is 0.140 e. The van der Waals surface area contributed by atoms with Gasteiger partial charge < -0.3 is 0 Å². The maximum absolute atomic E-state index is 8.76. The van der Waals surface area contributed by atoms with Crippen molar-refractivity contribution in [1.29, 1.82) is 5.26 Å². The largest absolute Gasteiger partial charge is 0.245 e. The predicted molar refractivity (Wildman–Crippen MR) is 84.1 cm³/mol. The van der Waals surface area contributed by atoms with Crippen molar-refractivity contribution < 1.29 is 0 Å². The smallest absolute Gasteiger partial charge is 0.140 e. The molecule has 1 heterocycles. The fourth-order valence-corrected chi connectivity index (χ4v) is 3.14. The standard InChI is InChI=1S/C19H20N2/c1-19(2)10-9-16-7-5-14(11-18(16)19)3-4-15-6-8-17(12-20)21-13-15/h5-8,11,13H,3-4,9-10H2,1-2H3. The third-order valence-electron chi connectivity index (χ3n) is 4.56. The molecule has 3 rings (SSSR count). The first-order valence-corrected chi connectivity index (χ1v) is 7.56. The number of nitrogens with zero attached hydrogens (tertiary/aromatic N) is 2. The van der Waals surface area contributed by atoms with E-state index in [1.54, 1.807) is 6.07 Å². The number of nitriles is 1. The second kappa shape index (κ2) is 5.33. The van der Waals surface area contributed by atoms with Crippen molar-refractivity contribution in [1.82, 2.24) is 4.98 Å². The molecular formula is C19H20N2. The van der Waals surface area contributed by atoms with Crippen molar-refractivity contribution >= 4 is 0 Å². The zero-order chi connectivity index (χ0) is 14.9. The number of hydrogen-bond donors (Lipinski definition) is 0. The second-order valence-corrected chi connectivity index (χ2v) is 6.54. The summed E-state index contributed by atoms with van der Waals surface area (Å²) in [5, 5.41) is 8.76. The third-order valence-corrected chi connectivity index (χ3v) is 4.56. The van der Waals surface area contributed by atoms with Gasteiger partial charge in [-0.1, -0.05) is 38.1 Å². The highest BCUT2D eigenvalue weighted by atomic mass is 14.7. The molecule has 106 valence electrons. The lowest BCUT2D eigenvalue weighted by Crippen LogP contribution is -2.12. The molecule has 0 bridgehead atoms. The minimum Gasteiger partial charge on any atom is -0.245 e. The van der Waals surface area contributed by atoms with Crippen LogP contribution >= 0.6 is 0 Å². The van der Waals surface area contributed by atoms with Crippen LogP contribution in [0, 0.1) is 11.3 Å². The van der Waals surface area contributed by atoms with Gasteiger partial charge in [0.05, 0.1) is 0 Å². The highest BCUT2D eigenvalue weighted by molar-refractivity contribution is 5.41. The molecule has 0 fully saturated rings. The van der Waals surface area contributed by atoms with E-state index in [1.807, 2.05) is 12.3 Å². The Balaban J connectivity index is 1.73. The zero-order valence-corrected chi connectivity index (χ0v) is 12.7. The summed E-state index contributed by atoms with van der Waals surface area (Å²) < 4.78 is 0. The lowest BCUT2D eigenvalue weighted by molar-refractivity contribution is 0.522. The van der Waals surface area contributed by atoms with E-state index in [1.165, 1.54) is 35.1 Å². The molecule has 1 aromatic carbocycles. The van der Waals surface area contributed by atoms with Gasteiger partial charge in [-0.3, -0.25) is 0 Å². The molecule has 2 heteroatoms. The van der Waals surface area contributed by atoms with Crippen LogP contribution in [0.4, 0.5) is 0 Å². The van der Waals surface area contributed by atoms with Crippen molar-refractivity contribution in [3.8, 4) is 6.07 Å². The fraction of sp³-hybridized carbons (Fsp3) is 0.368. The maximum atomic E-state index is 8.76. The number of fused-ring (bicyclic) bond motifs is 1. The first-order chi connectivity index (χ1) is 10.1. The molecule has 0 unspecified atom stereocenters. The van der Waals surface area contributed by atoms with Gasteiger partial charge >= 0.3 is 0 Å². The van der Waals surface area contributed by atoms with Crippen LogP contribution in [0.1, 0.15) is 48.2 Å². The summed E-state index contributed by atoms with van der Waals surface area (Å²) in [4.78, 5) is 4.13. The monoisotopic (exact) mass is 276 g/mol. The molecule has 0 amide bonds. The number of aromatic nitrogens is 1. The SMILES string of the molecule is CC1(C)CCc2ccc(CCc3ccc(C#N)nc3)cc21. The average molecular weight is 276 g/mol. The van der Waals surface area contributed by atoms with E-state index >= 15 is 0 Å². The summed E-state index contributed by atoms with van der Waals surface area (Å²) in [5.41, 5.74) is 6.43. The highest BCUT2D eigenvalue weighted by Crippen LogP contribution is 2.38. The molecule has 0 radical (unpaired) electrons. The molecule has 0 saturated heterocycles. The first kappa shape index (κ1) is 13.8. The Morgan fingerprint density at radius 1 is 1.14 bits per heavy atom. The van der Waals surface area contributed by atoms with Crippen LogP contribution in [-0.4, -0.2) is 4.98 Å². The van der Waals surface area contributed by atoms with Crippen molar-refractivity contribution in [3.63, 3.8) is 0 Å². The Kier molecular flexibility index (Phi) is 3.51. The van der Waals surface area contributed by atoms with Crippen LogP contribution < -0.4 is 0 Å². The molecule has 0 atom stereocenters. The van der Waals surface area contributed by atoms with Gasteiger partial charge in [0, 0.05) is 6.20 Å². The minimum atomic E-state index is 0.321. The Labute approximate surface area is 126 Å². The number of hydrogen-bond acceptors (Lipinski definition) is 2. The van der Waals surface area contributed by atoms with Gasteiger partial charge in [0.15, 0.2) is 0 Å². The Hall–Kier alpha value is -2.14. The molecule has 1 aliphatic carbocycles. The quantitative estimate of drug-likeness (QED) is 0.850. The van der Waals surface area contributed by atoms with Crippen LogP contribution in [0.3, 0.4) is 0 Å². The minimum absolute atomic E-state index is 0.321. The molecule has 0 saturated carbocycles. The average Bonchev–Trinajstić information content (AvgIpc) is 2.81. The molecule has 2 nitrogen and oxygen atoms in total. The lowest BCUT2D eigenvalue weighted by atomic mass is 9.85. The fourth-order valence-electron chi connectivity index (χ4n) is 3.14.